The van der Waals surface area contributed by atoms with E-state index < -0.39 is 30.2 Å². The third-order valence-corrected chi connectivity index (χ3v) is 5.41. The second-order valence-electron chi connectivity index (χ2n) is 5.47. The molecular weight excluding hydrogens is 430 g/mol. The molecule has 2 aromatic carbocycles. The van der Waals surface area contributed by atoms with Crippen LogP contribution in [-0.4, -0.2) is 24.4 Å². The van der Waals surface area contributed by atoms with Crippen LogP contribution < -0.4 is 10.9 Å². The van der Waals surface area contributed by atoms with E-state index in [-0.39, 0.29) is 15.5 Å². The first-order chi connectivity index (χ1) is 13.3. The van der Waals surface area contributed by atoms with Gasteiger partial charge in [-0.15, -0.1) is 11.3 Å². The quantitative estimate of drug-likeness (QED) is 0.474. The molecule has 144 valence electrons. The van der Waals surface area contributed by atoms with Crippen LogP contribution in [0.15, 0.2) is 42.5 Å². The van der Waals surface area contributed by atoms with Crippen molar-refractivity contribution in [2.45, 2.75) is 0 Å². The maximum atomic E-state index is 12.8. The normalized spacial score (nSPS) is 10.5. The summed E-state index contributed by atoms with van der Waals surface area (Å²) >= 11 is 13.2. The van der Waals surface area contributed by atoms with Gasteiger partial charge in [0.05, 0.1) is 5.02 Å². The van der Waals surface area contributed by atoms with Crippen LogP contribution in [0, 0.1) is 5.82 Å². The first-order valence-corrected chi connectivity index (χ1v) is 9.32. The molecule has 0 saturated heterocycles. The van der Waals surface area contributed by atoms with Crippen molar-refractivity contribution in [1.29, 1.82) is 0 Å². The SMILES string of the molecule is O=C(COC(=O)c1sc2cc(Cl)ccc2c1Cl)NNC(=O)c1ccc(F)cc1. The molecule has 3 aromatic rings. The van der Waals surface area contributed by atoms with Crippen molar-refractivity contribution in [2.75, 3.05) is 6.61 Å². The van der Waals surface area contributed by atoms with Crippen molar-refractivity contribution in [3.8, 4) is 0 Å². The minimum absolute atomic E-state index is 0.141. The Morgan fingerprint density at radius 1 is 1.04 bits per heavy atom. The predicted octanol–water partition coefficient (Wildman–Crippen LogP) is 3.97. The van der Waals surface area contributed by atoms with E-state index in [2.05, 4.69) is 10.9 Å². The van der Waals surface area contributed by atoms with Crippen LogP contribution in [0.5, 0.6) is 0 Å². The Morgan fingerprint density at radius 2 is 1.75 bits per heavy atom. The lowest BCUT2D eigenvalue weighted by molar-refractivity contribution is -0.125. The summed E-state index contributed by atoms with van der Waals surface area (Å²) in [4.78, 5) is 35.9. The van der Waals surface area contributed by atoms with Gasteiger partial charge in [-0.1, -0.05) is 29.3 Å². The van der Waals surface area contributed by atoms with Crippen molar-refractivity contribution in [1.82, 2.24) is 10.9 Å². The number of thiophene rings is 1. The molecule has 0 bridgehead atoms. The summed E-state index contributed by atoms with van der Waals surface area (Å²) in [5, 5.41) is 1.37. The molecule has 0 aliphatic heterocycles. The van der Waals surface area contributed by atoms with E-state index in [1.54, 1.807) is 18.2 Å². The summed E-state index contributed by atoms with van der Waals surface area (Å²) < 4.78 is 18.5. The first-order valence-electron chi connectivity index (χ1n) is 7.74. The number of carbonyl (C=O) groups excluding carboxylic acids is 3. The molecule has 0 radical (unpaired) electrons. The number of nitrogens with one attached hydrogen (secondary N) is 2. The molecule has 2 amide bonds. The van der Waals surface area contributed by atoms with Crippen LogP contribution in [0.25, 0.3) is 10.1 Å². The number of halogens is 3. The molecule has 10 heteroatoms. The second-order valence-corrected chi connectivity index (χ2v) is 7.34. The van der Waals surface area contributed by atoms with Gasteiger partial charge in [-0.25, -0.2) is 9.18 Å². The third-order valence-electron chi connectivity index (χ3n) is 3.53. The zero-order valence-electron chi connectivity index (χ0n) is 13.9. The number of ether oxygens (including phenoxy) is 1. The zero-order valence-corrected chi connectivity index (χ0v) is 16.3. The van der Waals surface area contributed by atoms with Gasteiger partial charge in [-0.05, 0) is 36.4 Å². The monoisotopic (exact) mass is 440 g/mol. The number of hydrogen-bond donors (Lipinski definition) is 2. The molecule has 28 heavy (non-hydrogen) atoms. The fraction of sp³-hybridized carbons (Fsp3) is 0.0556. The van der Waals surface area contributed by atoms with Gasteiger partial charge < -0.3 is 4.74 Å². The molecule has 0 spiro atoms. The van der Waals surface area contributed by atoms with Crippen LogP contribution in [0.1, 0.15) is 20.0 Å². The van der Waals surface area contributed by atoms with Crippen LogP contribution in [-0.2, 0) is 9.53 Å². The number of hydrogen-bond acceptors (Lipinski definition) is 5. The summed E-state index contributed by atoms with van der Waals surface area (Å²) in [6, 6.07) is 9.74. The van der Waals surface area contributed by atoms with Crippen LogP contribution >= 0.6 is 34.5 Å². The fourth-order valence-corrected chi connectivity index (χ4v) is 3.88. The summed E-state index contributed by atoms with van der Waals surface area (Å²) in [6.07, 6.45) is 0. The van der Waals surface area contributed by atoms with E-state index >= 15 is 0 Å². The summed E-state index contributed by atoms with van der Waals surface area (Å²) in [5.74, 6) is -2.68. The standard InChI is InChI=1S/C18H11Cl2FN2O4S/c19-10-3-6-12-13(7-10)28-16(15(12)20)18(26)27-8-14(24)22-23-17(25)9-1-4-11(21)5-2-9/h1-7H,8H2,(H,22,24)(H,23,25). The largest absolute Gasteiger partial charge is 0.451 e. The summed E-state index contributed by atoms with van der Waals surface area (Å²) in [6.45, 7) is -0.631. The fourth-order valence-electron chi connectivity index (χ4n) is 2.20. The van der Waals surface area contributed by atoms with E-state index in [1.807, 2.05) is 0 Å². The molecule has 1 aromatic heterocycles. The molecule has 6 nitrogen and oxygen atoms in total. The molecule has 3 rings (SSSR count). The number of fused-ring (bicyclic) bond motifs is 1. The number of amides is 2. The van der Waals surface area contributed by atoms with E-state index in [9.17, 15) is 18.8 Å². The van der Waals surface area contributed by atoms with Gasteiger partial charge in [0.15, 0.2) is 6.61 Å². The Morgan fingerprint density at radius 3 is 2.46 bits per heavy atom. The Hall–Kier alpha value is -2.68. The summed E-state index contributed by atoms with van der Waals surface area (Å²) in [5.41, 5.74) is 4.37. The molecule has 0 unspecified atom stereocenters. The third kappa shape index (κ3) is 4.59. The first kappa shape index (κ1) is 20.1. The summed E-state index contributed by atoms with van der Waals surface area (Å²) in [7, 11) is 0. The number of benzene rings is 2. The van der Waals surface area contributed by atoms with Gasteiger partial charge in [-0.3, -0.25) is 20.4 Å². The number of carbonyl (C=O) groups is 3. The van der Waals surface area contributed by atoms with E-state index in [0.717, 1.165) is 23.5 Å². The molecule has 2 N–H and O–H groups in total. The van der Waals surface area contributed by atoms with Crippen molar-refractivity contribution >= 4 is 62.4 Å². The van der Waals surface area contributed by atoms with Crippen LogP contribution in [0.4, 0.5) is 4.39 Å². The number of esters is 1. The lowest BCUT2D eigenvalue weighted by Gasteiger charge is -2.08. The lowest BCUT2D eigenvalue weighted by Crippen LogP contribution is -2.43. The Bertz CT molecular complexity index is 1070. The van der Waals surface area contributed by atoms with Gasteiger partial charge in [0, 0.05) is 20.7 Å². The van der Waals surface area contributed by atoms with Crippen molar-refractivity contribution < 1.29 is 23.5 Å². The van der Waals surface area contributed by atoms with E-state index in [4.69, 9.17) is 27.9 Å². The van der Waals surface area contributed by atoms with Crippen molar-refractivity contribution in [3.05, 3.63) is 68.8 Å². The molecule has 0 saturated carbocycles. The van der Waals surface area contributed by atoms with Gasteiger partial charge in [-0.2, -0.15) is 0 Å². The highest BCUT2D eigenvalue weighted by Gasteiger charge is 2.20. The average Bonchev–Trinajstić information content (AvgIpc) is 3.00. The number of rotatable bonds is 4. The zero-order chi connectivity index (χ0) is 20.3. The van der Waals surface area contributed by atoms with Crippen molar-refractivity contribution in [2.24, 2.45) is 0 Å². The molecule has 0 aliphatic rings. The topological polar surface area (TPSA) is 84.5 Å². The van der Waals surface area contributed by atoms with Gasteiger partial charge in [0.25, 0.3) is 11.8 Å². The molecule has 0 atom stereocenters. The number of hydrazine groups is 1. The highest BCUT2D eigenvalue weighted by atomic mass is 35.5. The van der Waals surface area contributed by atoms with Crippen LogP contribution in [0.3, 0.4) is 0 Å². The molecule has 0 fully saturated rings. The predicted molar refractivity (Wildman–Crippen MR) is 104 cm³/mol. The van der Waals surface area contributed by atoms with Gasteiger partial charge in [0.2, 0.25) is 0 Å². The van der Waals surface area contributed by atoms with E-state index in [1.165, 1.54) is 12.1 Å². The lowest BCUT2D eigenvalue weighted by atomic mass is 10.2. The maximum Gasteiger partial charge on any atom is 0.350 e. The van der Waals surface area contributed by atoms with Crippen LogP contribution in [0.2, 0.25) is 10.0 Å². The average molecular weight is 441 g/mol. The molecule has 1 heterocycles. The Balaban J connectivity index is 1.54. The molecule has 0 aliphatic carbocycles. The Labute approximate surface area is 172 Å². The highest BCUT2D eigenvalue weighted by Crippen LogP contribution is 2.37. The smallest absolute Gasteiger partial charge is 0.350 e. The second kappa shape index (κ2) is 8.55. The van der Waals surface area contributed by atoms with Crippen molar-refractivity contribution in [3.63, 3.8) is 0 Å². The van der Waals surface area contributed by atoms with Gasteiger partial charge in [0.1, 0.15) is 10.7 Å². The highest BCUT2D eigenvalue weighted by molar-refractivity contribution is 7.21. The van der Waals surface area contributed by atoms with Gasteiger partial charge >= 0.3 is 5.97 Å². The minimum atomic E-state index is -0.776. The maximum absolute atomic E-state index is 12.8. The Kier molecular flexibility index (Phi) is 6.13. The molecular formula is C18H11Cl2FN2O4S. The van der Waals surface area contributed by atoms with E-state index in [0.29, 0.717) is 15.1 Å². The minimum Gasteiger partial charge on any atom is -0.451 e.